The summed E-state index contributed by atoms with van der Waals surface area (Å²) < 4.78 is 11.1. The number of nitrogens with one attached hydrogen (secondary N) is 1. The lowest BCUT2D eigenvalue weighted by molar-refractivity contribution is -0.141. The molecule has 1 unspecified atom stereocenters. The van der Waals surface area contributed by atoms with Gasteiger partial charge >= 0.3 is 12.0 Å². The molecule has 1 aliphatic rings. The molecule has 0 aromatic carbocycles. The predicted octanol–water partition coefficient (Wildman–Crippen LogP) is 0.0120. The first-order valence-electron chi connectivity index (χ1n) is 5.53. The first-order chi connectivity index (χ1) is 7.91. The lowest BCUT2D eigenvalue weighted by atomic mass is 10.1. The van der Waals surface area contributed by atoms with E-state index in [1.54, 1.807) is 0 Å². The number of hydrogen-bond acceptors (Lipinski definition) is 3. The molecule has 0 aliphatic carbocycles. The number of hydrogen-bond donors (Lipinski definition) is 2. The van der Waals surface area contributed by atoms with Gasteiger partial charge in [-0.3, -0.25) is 4.21 Å². The SMILES string of the molecule is CC(C(=O)O)N(C)C(=O)NC1CCS(=O)CC1. The first-order valence-corrected chi connectivity index (χ1v) is 7.01. The molecule has 7 heteroatoms. The standard InChI is InChI=1S/C10H18N2O4S/c1-7(9(13)14)12(2)10(15)11-8-3-5-17(16)6-4-8/h7-8H,3-6H2,1-2H3,(H,11,15)(H,13,14). The van der Waals surface area contributed by atoms with Crippen molar-refractivity contribution in [1.29, 1.82) is 0 Å². The van der Waals surface area contributed by atoms with Crippen LogP contribution in [0.4, 0.5) is 4.79 Å². The number of aliphatic carboxylic acids is 1. The minimum Gasteiger partial charge on any atom is -0.480 e. The van der Waals surface area contributed by atoms with Gasteiger partial charge in [0, 0.05) is 35.4 Å². The second-order valence-electron chi connectivity index (χ2n) is 4.20. The highest BCUT2D eigenvalue weighted by Crippen LogP contribution is 2.09. The number of carboxylic acids is 1. The van der Waals surface area contributed by atoms with Crippen LogP contribution in [0.2, 0.25) is 0 Å². The minimum absolute atomic E-state index is 0.00337. The zero-order chi connectivity index (χ0) is 13.0. The van der Waals surface area contributed by atoms with E-state index < -0.39 is 28.8 Å². The molecule has 2 amide bonds. The molecular weight excluding hydrogens is 244 g/mol. The summed E-state index contributed by atoms with van der Waals surface area (Å²) >= 11 is 0. The molecule has 0 spiro atoms. The van der Waals surface area contributed by atoms with Crippen molar-refractivity contribution in [3.05, 3.63) is 0 Å². The van der Waals surface area contributed by atoms with E-state index in [1.807, 2.05) is 0 Å². The highest BCUT2D eigenvalue weighted by molar-refractivity contribution is 7.85. The number of likely N-dealkylation sites (N-methyl/N-ethyl adjacent to an activating group) is 1. The van der Waals surface area contributed by atoms with Crippen molar-refractivity contribution >= 4 is 22.8 Å². The summed E-state index contributed by atoms with van der Waals surface area (Å²) in [7, 11) is 0.692. The van der Waals surface area contributed by atoms with Gasteiger partial charge in [0.1, 0.15) is 6.04 Å². The average Bonchev–Trinajstić information content (AvgIpc) is 2.30. The van der Waals surface area contributed by atoms with Crippen molar-refractivity contribution in [3.8, 4) is 0 Å². The molecule has 2 N–H and O–H groups in total. The molecule has 1 heterocycles. The van der Waals surface area contributed by atoms with Gasteiger partial charge in [-0.05, 0) is 19.8 Å². The van der Waals surface area contributed by atoms with Crippen LogP contribution in [0.3, 0.4) is 0 Å². The van der Waals surface area contributed by atoms with Crippen molar-refractivity contribution in [3.63, 3.8) is 0 Å². The van der Waals surface area contributed by atoms with E-state index in [-0.39, 0.29) is 6.04 Å². The number of carboxylic acid groups (broad SMARTS) is 1. The molecule has 98 valence electrons. The fourth-order valence-corrected chi connectivity index (χ4v) is 2.86. The van der Waals surface area contributed by atoms with Gasteiger partial charge in [-0.15, -0.1) is 0 Å². The van der Waals surface area contributed by atoms with Gasteiger partial charge in [0.25, 0.3) is 0 Å². The topological polar surface area (TPSA) is 86.7 Å². The molecular formula is C10H18N2O4S. The van der Waals surface area contributed by atoms with Gasteiger partial charge < -0.3 is 15.3 Å². The van der Waals surface area contributed by atoms with Crippen LogP contribution < -0.4 is 5.32 Å². The van der Waals surface area contributed by atoms with Gasteiger partial charge in [0.2, 0.25) is 0 Å². The second kappa shape index (κ2) is 6.00. The maximum Gasteiger partial charge on any atom is 0.326 e. The van der Waals surface area contributed by atoms with Crippen molar-refractivity contribution < 1.29 is 18.9 Å². The van der Waals surface area contributed by atoms with E-state index in [1.165, 1.54) is 14.0 Å². The van der Waals surface area contributed by atoms with Gasteiger partial charge in [0.05, 0.1) is 0 Å². The van der Waals surface area contributed by atoms with Crippen molar-refractivity contribution in [2.45, 2.75) is 31.8 Å². The monoisotopic (exact) mass is 262 g/mol. The average molecular weight is 262 g/mol. The van der Waals surface area contributed by atoms with Gasteiger partial charge in [-0.2, -0.15) is 0 Å². The second-order valence-corrected chi connectivity index (χ2v) is 5.89. The summed E-state index contributed by atoms with van der Waals surface area (Å²) in [5.41, 5.74) is 0. The Kier molecular flexibility index (Phi) is 4.92. The number of carbonyl (C=O) groups excluding carboxylic acids is 1. The fraction of sp³-hybridized carbons (Fsp3) is 0.800. The van der Waals surface area contributed by atoms with E-state index in [2.05, 4.69) is 5.32 Å². The molecule has 1 fully saturated rings. The van der Waals surface area contributed by atoms with Gasteiger partial charge in [-0.1, -0.05) is 0 Å². The lowest BCUT2D eigenvalue weighted by Gasteiger charge is -2.27. The third kappa shape index (κ3) is 3.99. The molecule has 1 atom stereocenters. The molecule has 6 nitrogen and oxygen atoms in total. The summed E-state index contributed by atoms with van der Waals surface area (Å²) in [5.74, 6) is 0.166. The zero-order valence-electron chi connectivity index (χ0n) is 10.0. The first kappa shape index (κ1) is 14.0. The van der Waals surface area contributed by atoms with Gasteiger partial charge in [0.15, 0.2) is 0 Å². The maximum absolute atomic E-state index is 11.7. The molecule has 1 rings (SSSR count). The highest BCUT2D eigenvalue weighted by Gasteiger charge is 2.25. The molecule has 1 saturated heterocycles. The van der Waals surface area contributed by atoms with Crippen LogP contribution >= 0.6 is 0 Å². The zero-order valence-corrected chi connectivity index (χ0v) is 10.8. The van der Waals surface area contributed by atoms with E-state index in [4.69, 9.17) is 5.11 Å². The Morgan fingerprint density at radius 1 is 1.41 bits per heavy atom. The third-order valence-electron chi connectivity index (χ3n) is 2.97. The Balaban J connectivity index is 2.43. The molecule has 0 aromatic heterocycles. The molecule has 1 aliphatic heterocycles. The number of amides is 2. The fourth-order valence-electron chi connectivity index (χ4n) is 1.56. The number of nitrogens with zero attached hydrogens (tertiary/aromatic N) is 1. The predicted molar refractivity (Wildman–Crippen MR) is 64.3 cm³/mol. The summed E-state index contributed by atoms with van der Waals surface area (Å²) in [6, 6.07) is -1.24. The minimum atomic E-state index is -1.03. The molecule has 0 saturated carbocycles. The Labute approximate surface area is 103 Å². The Hall–Kier alpha value is -1.11. The van der Waals surface area contributed by atoms with Crippen LogP contribution in [0.15, 0.2) is 0 Å². The van der Waals surface area contributed by atoms with Crippen molar-refractivity contribution in [1.82, 2.24) is 10.2 Å². The maximum atomic E-state index is 11.7. The molecule has 0 radical (unpaired) electrons. The number of carbonyl (C=O) groups is 2. The van der Waals surface area contributed by atoms with Gasteiger partial charge in [-0.25, -0.2) is 9.59 Å². The van der Waals surface area contributed by atoms with E-state index in [9.17, 15) is 13.8 Å². The van der Waals surface area contributed by atoms with Crippen molar-refractivity contribution in [2.75, 3.05) is 18.6 Å². The molecule has 0 bridgehead atoms. The van der Waals surface area contributed by atoms with Crippen LogP contribution in [0, 0.1) is 0 Å². The smallest absolute Gasteiger partial charge is 0.326 e. The lowest BCUT2D eigenvalue weighted by Crippen LogP contribution is -2.50. The number of urea groups is 1. The van der Waals surface area contributed by atoms with Crippen LogP contribution in [-0.2, 0) is 15.6 Å². The van der Waals surface area contributed by atoms with Crippen LogP contribution in [-0.4, -0.2) is 56.9 Å². The Morgan fingerprint density at radius 3 is 2.41 bits per heavy atom. The normalized spacial score (nSPS) is 26.0. The largest absolute Gasteiger partial charge is 0.480 e. The Bertz CT molecular complexity index is 324. The molecule has 0 aromatic rings. The summed E-state index contributed by atoms with van der Waals surface area (Å²) in [4.78, 5) is 23.6. The third-order valence-corrected chi connectivity index (χ3v) is 4.36. The van der Waals surface area contributed by atoms with Crippen molar-refractivity contribution in [2.24, 2.45) is 0 Å². The summed E-state index contributed by atoms with van der Waals surface area (Å²) in [5, 5.41) is 11.5. The summed E-state index contributed by atoms with van der Waals surface area (Å²) in [6.07, 6.45) is 1.38. The van der Waals surface area contributed by atoms with Crippen LogP contribution in [0.5, 0.6) is 0 Å². The number of rotatable bonds is 3. The van der Waals surface area contributed by atoms with E-state index in [0.717, 1.165) is 4.90 Å². The van der Waals surface area contributed by atoms with E-state index >= 15 is 0 Å². The highest BCUT2D eigenvalue weighted by atomic mass is 32.2. The quantitative estimate of drug-likeness (QED) is 0.750. The van der Waals surface area contributed by atoms with Crippen LogP contribution in [0.1, 0.15) is 19.8 Å². The van der Waals surface area contributed by atoms with E-state index in [0.29, 0.717) is 24.3 Å². The Morgan fingerprint density at radius 2 is 1.94 bits per heavy atom. The van der Waals surface area contributed by atoms with Crippen LogP contribution in [0.25, 0.3) is 0 Å². The summed E-state index contributed by atoms with van der Waals surface area (Å²) in [6.45, 7) is 1.46. The molecule has 17 heavy (non-hydrogen) atoms.